The van der Waals surface area contributed by atoms with Gasteiger partial charge in [-0.3, -0.25) is 13.9 Å². The smallest absolute Gasteiger partial charge is 0.264 e. The van der Waals surface area contributed by atoms with Crippen molar-refractivity contribution in [1.82, 2.24) is 10.2 Å². The van der Waals surface area contributed by atoms with Gasteiger partial charge in [-0.05, 0) is 59.5 Å². The Hall–Kier alpha value is -3.37. The first kappa shape index (κ1) is 34.5. The second kappa shape index (κ2) is 15.8. The first-order chi connectivity index (χ1) is 21.5. The molecule has 236 valence electrons. The number of nitrogens with one attached hydrogen (secondary N) is 1. The summed E-state index contributed by atoms with van der Waals surface area (Å²) < 4.78 is 30.0. The first-order valence-electron chi connectivity index (χ1n) is 14.3. The molecule has 7 nitrogen and oxygen atoms in total. The molecule has 0 bridgehead atoms. The molecule has 4 aromatic carbocycles. The number of carbonyl (C=O) groups is 2. The number of carbonyl (C=O) groups excluding carboxylic acids is 2. The minimum atomic E-state index is -4.29. The second-order valence-corrected chi connectivity index (χ2v) is 14.5. The summed E-state index contributed by atoms with van der Waals surface area (Å²) in [7, 11) is -4.29. The average molecular weight is 732 g/mol. The molecule has 0 aliphatic carbocycles. The minimum absolute atomic E-state index is 0.0251. The predicted molar refractivity (Wildman–Crippen MR) is 184 cm³/mol. The largest absolute Gasteiger partial charge is 0.354 e. The summed E-state index contributed by atoms with van der Waals surface area (Å²) in [5.74, 6) is -0.752. The van der Waals surface area contributed by atoms with Crippen LogP contribution < -0.4 is 9.62 Å². The fraction of sp³-hybridized carbons (Fsp3) is 0.235. The number of sulfonamides is 1. The highest BCUT2D eigenvalue weighted by Gasteiger charge is 2.35. The third-order valence-corrected chi connectivity index (χ3v) is 9.81. The monoisotopic (exact) mass is 729 g/mol. The third-order valence-electron chi connectivity index (χ3n) is 6.98. The number of anilines is 1. The zero-order chi connectivity index (χ0) is 32.6. The van der Waals surface area contributed by atoms with E-state index in [1.165, 1.54) is 35.2 Å². The lowest BCUT2D eigenvalue weighted by atomic mass is 10.0. The van der Waals surface area contributed by atoms with Crippen LogP contribution in [0.25, 0.3) is 0 Å². The van der Waals surface area contributed by atoms with Crippen LogP contribution in [0.15, 0.2) is 112 Å². The van der Waals surface area contributed by atoms with Crippen molar-refractivity contribution in [2.75, 3.05) is 17.4 Å². The molecule has 45 heavy (non-hydrogen) atoms. The summed E-state index contributed by atoms with van der Waals surface area (Å²) in [6.07, 6.45) is 0.216. The Bertz CT molecular complexity index is 1720. The van der Waals surface area contributed by atoms with Gasteiger partial charge in [-0.25, -0.2) is 8.42 Å². The standard InChI is InChI=1S/C34H34BrCl2N3O4S/c1-24(2)21-38-34(42)32(19-25-10-5-3-6-11-25)39(22-26-12-9-13-27(35)18-26)33(41)23-40(31-20-28(36)16-17-30(31)37)45(43,44)29-14-7-4-8-15-29/h3-18,20,24,32H,19,21-23H2,1-2H3,(H,38,42)/t32-/m1/s1. The van der Waals surface area contributed by atoms with Gasteiger partial charge in [0.1, 0.15) is 12.6 Å². The minimum Gasteiger partial charge on any atom is -0.354 e. The van der Waals surface area contributed by atoms with Crippen LogP contribution >= 0.6 is 39.1 Å². The Balaban J connectivity index is 1.82. The second-order valence-electron chi connectivity index (χ2n) is 10.9. The lowest BCUT2D eigenvalue weighted by molar-refractivity contribution is -0.140. The maximum atomic E-state index is 14.5. The van der Waals surface area contributed by atoms with Gasteiger partial charge in [-0.15, -0.1) is 0 Å². The van der Waals surface area contributed by atoms with Gasteiger partial charge in [0.25, 0.3) is 10.0 Å². The van der Waals surface area contributed by atoms with Gasteiger partial charge < -0.3 is 10.2 Å². The highest BCUT2D eigenvalue weighted by Crippen LogP contribution is 2.33. The van der Waals surface area contributed by atoms with E-state index in [1.807, 2.05) is 68.4 Å². The van der Waals surface area contributed by atoms with Crippen molar-refractivity contribution >= 4 is 66.7 Å². The van der Waals surface area contributed by atoms with E-state index in [0.717, 1.165) is 19.9 Å². The van der Waals surface area contributed by atoms with Crippen molar-refractivity contribution in [2.24, 2.45) is 5.92 Å². The van der Waals surface area contributed by atoms with Crippen LogP contribution in [0.1, 0.15) is 25.0 Å². The van der Waals surface area contributed by atoms with Gasteiger partial charge in [0, 0.05) is 29.0 Å². The van der Waals surface area contributed by atoms with Crippen molar-refractivity contribution in [3.63, 3.8) is 0 Å². The average Bonchev–Trinajstić information content (AvgIpc) is 3.02. The zero-order valence-corrected chi connectivity index (χ0v) is 28.8. The van der Waals surface area contributed by atoms with Gasteiger partial charge in [0.2, 0.25) is 11.8 Å². The maximum Gasteiger partial charge on any atom is 0.264 e. The van der Waals surface area contributed by atoms with E-state index < -0.39 is 28.5 Å². The topological polar surface area (TPSA) is 86.8 Å². The van der Waals surface area contributed by atoms with Gasteiger partial charge in [-0.1, -0.05) is 114 Å². The lowest BCUT2D eigenvalue weighted by Crippen LogP contribution is -2.53. The Kier molecular flexibility index (Phi) is 12.1. The van der Waals surface area contributed by atoms with E-state index in [1.54, 1.807) is 18.2 Å². The third kappa shape index (κ3) is 9.33. The Morgan fingerprint density at radius 3 is 2.13 bits per heavy atom. The maximum absolute atomic E-state index is 14.5. The van der Waals surface area contributed by atoms with E-state index in [2.05, 4.69) is 21.2 Å². The molecule has 1 N–H and O–H groups in total. The summed E-state index contributed by atoms with van der Waals surface area (Å²) in [5, 5.41) is 3.32. The molecule has 0 saturated heterocycles. The number of nitrogens with zero attached hydrogens (tertiary/aromatic N) is 2. The fourth-order valence-electron chi connectivity index (χ4n) is 4.72. The van der Waals surface area contributed by atoms with Crippen LogP contribution in [0.2, 0.25) is 10.0 Å². The molecule has 0 aliphatic heterocycles. The summed E-state index contributed by atoms with van der Waals surface area (Å²) in [6.45, 7) is 3.80. The number of rotatable bonds is 13. The molecule has 4 rings (SSSR count). The number of hydrogen-bond donors (Lipinski definition) is 1. The molecule has 2 amide bonds. The van der Waals surface area contributed by atoms with E-state index in [4.69, 9.17) is 23.2 Å². The molecule has 0 heterocycles. The lowest BCUT2D eigenvalue weighted by Gasteiger charge is -2.34. The molecule has 0 unspecified atom stereocenters. The molecule has 0 fully saturated rings. The van der Waals surface area contributed by atoms with Crippen LogP contribution in [0, 0.1) is 5.92 Å². The van der Waals surface area contributed by atoms with Gasteiger partial charge >= 0.3 is 0 Å². The molecule has 11 heteroatoms. The van der Waals surface area contributed by atoms with Gasteiger partial charge in [0.05, 0.1) is 15.6 Å². The molecular formula is C34H34BrCl2N3O4S. The van der Waals surface area contributed by atoms with E-state index in [-0.39, 0.29) is 45.4 Å². The quantitative estimate of drug-likeness (QED) is 0.156. The fourth-order valence-corrected chi connectivity index (χ4v) is 7.05. The summed E-state index contributed by atoms with van der Waals surface area (Å²) in [5.41, 5.74) is 1.65. The van der Waals surface area contributed by atoms with Crippen molar-refractivity contribution in [2.45, 2.75) is 37.8 Å². The Labute approximate surface area is 283 Å². The van der Waals surface area contributed by atoms with Crippen LogP contribution in [-0.2, 0) is 32.6 Å². The van der Waals surface area contributed by atoms with Crippen LogP contribution in [0.5, 0.6) is 0 Å². The molecule has 0 saturated carbocycles. The number of hydrogen-bond acceptors (Lipinski definition) is 4. The van der Waals surface area contributed by atoms with E-state index in [0.29, 0.717) is 6.54 Å². The molecule has 1 atom stereocenters. The highest BCUT2D eigenvalue weighted by atomic mass is 79.9. The SMILES string of the molecule is CC(C)CNC(=O)[C@@H](Cc1ccccc1)N(Cc1cccc(Br)c1)C(=O)CN(c1cc(Cl)ccc1Cl)S(=O)(=O)c1ccccc1. The number of amides is 2. The summed E-state index contributed by atoms with van der Waals surface area (Å²) >= 11 is 16.3. The van der Waals surface area contributed by atoms with Crippen molar-refractivity contribution < 1.29 is 18.0 Å². The molecule has 0 radical (unpaired) electrons. The van der Waals surface area contributed by atoms with Crippen LogP contribution in [0.3, 0.4) is 0 Å². The summed E-state index contributed by atoms with van der Waals surface area (Å²) in [4.78, 5) is 29.8. The van der Waals surface area contributed by atoms with Crippen molar-refractivity contribution in [3.8, 4) is 0 Å². The summed E-state index contributed by atoms with van der Waals surface area (Å²) in [6, 6.07) is 28.1. The van der Waals surface area contributed by atoms with Crippen molar-refractivity contribution in [3.05, 3.63) is 129 Å². The van der Waals surface area contributed by atoms with Crippen molar-refractivity contribution in [1.29, 1.82) is 0 Å². The zero-order valence-electron chi connectivity index (χ0n) is 24.9. The Morgan fingerprint density at radius 2 is 1.49 bits per heavy atom. The molecular weight excluding hydrogens is 697 g/mol. The normalized spacial score (nSPS) is 12.0. The van der Waals surface area contributed by atoms with Gasteiger partial charge in [-0.2, -0.15) is 0 Å². The Morgan fingerprint density at radius 1 is 0.844 bits per heavy atom. The molecule has 0 aliphatic rings. The predicted octanol–water partition coefficient (Wildman–Crippen LogP) is 7.36. The van der Waals surface area contributed by atoms with E-state index >= 15 is 0 Å². The molecule has 4 aromatic rings. The van der Waals surface area contributed by atoms with Crippen LogP contribution in [0.4, 0.5) is 5.69 Å². The number of benzene rings is 4. The number of halogens is 3. The molecule has 0 aromatic heterocycles. The first-order valence-corrected chi connectivity index (χ1v) is 17.3. The van der Waals surface area contributed by atoms with E-state index in [9.17, 15) is 18.0 Å². The highest BCUT2D eigenvalue weighted by molar-refractivity contribution is 9.10. The van der Waals surface area contributed by atoms with Gasteiger partial charge in [0.15, 0.2) is 0 Å². The molecule has 0 spiro atoms. The van der Waals surface area contributed by atoms with Crippen LogP contribution in [-0.4, -0.2) is 44.3 Å².